The van der Waals surface area contributed by atoms with Gasteiger partial charge in [0.25, 0.3) is 0 Å². The number of nitriles is 1. The molecule has 0 atom stereocenters. The highest BCUT2D eigenvalue weighted by Gasteiger charge is 2.45. The van der Waals surface area contributed by atoms with Gasteiger partial charge in [0.15, 0.2) is 0 Å². The van der Waals surface area contributed by atoms with Crippen molar-refractivity contribution >= 4 is 28.9 Å². The molecular formula is C26H22N2P+. The molecule has 0 saturated carbocycles. The summed E-state index contributed by atoms with van der Waals surface area (Å²) in [6.45, 7) is 0. The van der Waals surface area contributed by atoms with Crippen LogP contribution in [-0.2, 0) is 6.16 Å². The van der Waals surface area contributed by atoms with Gasteiger partial charge in [0.1, 0.15) is 29.3 Å². The molecule has 2 nitrogen and oxygen atoms in total. The summed E-state index contributed by atoms with van der Waals surface area (Å²) in [7, 11) is -2.02. The van der Waals surface area contributed by atoms with E-state index in [-0.39, 0.29) is 0 Å². The molecule has 4 aromatic carbocycles. The molecule has 29 heavy (non-hydrogen) atoms. The van der Waals surface area contributed by atoms with Crippen LogP contribution in [0.1, 0.15) is 11.1 Å². The molecular weight excluding hydrogens is 371 g/mol. The largest absolute Gasteiger partial charge is 0.398 e. The van der Waals surface area contributed by atoms with Crippen molar-refractivity contribution in [3.63, 3.8) is 0 Å². The van der Waals surface area contributed by atoms with Gasteiger partial charge in [-0.3, -0.25) is 0 Å². The molecule has 0 saturated heterocycles. The fraction of sp³-hybridized carbons (Fsp3) is 0.0385. The average molecular weight is 393 g/mol. The number of nitrogen functional groups attached to an aromatic ring is 1. The van der Waals surface area contributed by atoms with E-state index in [1.54, 1.807) is 6.07 Å². The Morgan fingerprint density at radius 1 is 0.655 bits per heavy atom. The van der Waals surface area contributed by atoms with Crippen molar-refractivity contribution in [2.24, 2.45) is 0 Å². The van der Waals surface area contributed by atoms with Gasteiger partial charge in [-0.25, -0.2) is 0 Å². The Morgan fingerprint density at radius 3 is 1.52 bits per heavy atom. The molecule has 0 aliphatic carbocycles. The summed E-state index contributed by atoms with van der Waals surface area (Å²) in [6, 6.07) is 39.9. The molecule has 0 aliphatic heterocycles. The summed E-state index contributed by atoms with van der Waals surface area (Å²) in [6.07, 6.45) is 0.770. The second-order valence-corrected chi connectivity index (χ2v) is 10.5. The first-order chi connectivity index (χ1) is 14.2. The Morgan fingerprint density at radius 2 is 1.10 bits per heavy atom. The van der Waals surface area contributed by atoms with Gasteiger partial charge < -0.3 is 5.73 Å². The standard InChI is InChI=1S/C26H22N2P/c27-19-21-16-17-26(28)22(18-21)20-29(23-10-4-1-5-11-23,24-12-6-2-7-13-24)25-14-8-3-9-15-25/h1-18H,20,28H2/q+1. The van der Waals surface area contributed by atoms with E-state index in [2.05, 4.69) is 97.1 Å². The van der Waals surface area contributed by atoms with Crippen molar-refractivity contribution in [3.05, 3.63) is 120 Å². The minimum Gasteiger partial charge on any atom is -0.398 e. The first-order valence-corrected chi connectivity index (χ1v) is 11.5. The van der Waals surface area contributed by atoms with Gasteiger partial charge in [-0.2, -0.15) is 5.26 Å². The summed E-state index contributed by atoms with van der Waals surface area (Å²) in [5, 5.41) is 13.3. The van der Waals surface area contributed by atoms with Crippen molar-refractivity contribution in [1.82, 2.24) is 0 Å². The number of hydrogen-bond acceptors (Lipinski definition) is 2. The van der Waals surface area contributed by atoms with Gasteiger partial charge >= 0.3 is 0 Å². The monoisotopic (exact) mass is 393 g/mol. The maximum Gasteiger partial charge on any atom is 0.116 e. The van der Waals surface area contributed by atoms with E-state index in [0.717, 1.165) is 17.4 Å². The van der Waals surface area contributed by atoms with Gasteiger partial charge in [0.2, 0.25) is 0 Å². The molecule has 4 rings (SSSR count). The summed E-state index contributed by atoms with van der Waals surface area (Å²) in [5.74, 6) is 0. The molecule has 0 heterocycles. The lowest BCUT2D eigenvalue weighted by Gasteiger charge is -2.28. The van der Waals surface area contributed by atoms with E-state index in [1.165, 1.54) is 15.9 Å². The molecule has 0 radical (unpaired) electrons. The van der Waals surface area contributed by atoms with Crippen LogP contribution in [-0.4, -0.2) is 0 Å². The number of benzene rings is 4. The highest BCUT2D eigenvalue weighted by atomic mass is 31.2. The second-order valence-electron chi connectivity index (χ2n) is 7.00. The van der Waals surface area contributed by atoms with E-state index in [9.17, 15) is 5.26 Å². The van der Waals surface area contributed by atoms with Crippen molar-refractivity contribution in [3.8, 4) is 6.07 Å². The van der Waals surface area contributed by atoms with Gasteiger partial charge in [0.05, 0.1) is 11.6 Å². The fourth-order valence-electron chi connectivity index (χ4n) is 3.84. The van der Waals surface area contributed by atoms with E-state index in [0.29, 0.717) is 5.56 Å². The third-order valence-corrected chi connectivity index (χ3v) is 9.62. The Hall–Kier alpha value is -3.40. The molecule has 0 amide bonds. The molecule has 0 unspecified atom stereocenters. The number of nitrogens with zero attached hydrogens (tertiary/aromatic N) is 1. The molecule has 2 N–H and O–H groups in total. The SMILES string of the molecule is N#Cc1ccc(N)c(C[P+](c2ccccc2)(c2ccccc2)c2ccccc2)c1. The Labute approximate surface area is 172 Å². The van der Waals surface area contributed by atoms with Crippen molar-refractivity contribution in [2.45, 2.75) is 6.16 Å². The Bertz CT molecular complexity index is 1040. The van der Waals surface area contributed by atoms with E-state index in [4.69, 9.17) is 5.73 Å². The molecule has 0 aliphatic rings. The normalized spacial score (nSPS) is 11.0. The Kier molecular flexibility index (Phi) is 5.43. The van der Waals surface area contributed by atoms with Crippen molar-refractivity contribution < 1.29 is 0 Å². The summed E-state index contributed by atoms with van der Waals surface area (Å²) >= 11 is 0. The van der Waals surface area contributed by atoms with Gasteiger partial charge in [0, 0.05) is 11.3 Å². The zero-order valence-electron chi connectivity index (χ0n) is 16.1. The van der Waals surface area contributed by atoms with Crippen LogP contribution in [0.3, 0.4) is 0 Å². The predicted molar refractivity (Wildman–Crippen MR) is 124 cm³/mol. The lowest BCUT2D eigenvalue weighted by molar-refractivity contribution is 1.37. The molecule has 0 bridgehead atoms. The molecule has 0 spiro atoms. The van der Waals surface area contributed by atoms with Crippen LogP contribution in [0.25, 0.3) is 0 Å². The maximum atomic E-state index is 9.42. The van der Waals surface area contributed by atoms with Crippen molar-refractivity contribution in [1.29, 1.82) is 5.26 Å². The first kappa shape index (κ1) is 18.9. The van der Waals surface area contributed by atoms with E-state index in [1.807, 2.05) is 12.1 Å². The van der Waals surface area contributed by atoms with Crippen LogP contribution in [0.2, 0.25) is 0 Å². The van der Waals surface area contributed by atoms with E-state index < -0.39 is 7.26 Å². The van der Waals surface area contributed by atoms with E-state index >= 15 is 0 Å². The lowest BCUT2D eigenvalue weighted by Crippen LogP contribution is -2.32. The zero-order valence-corrected chi connectivity index (χ0v) is 17.0. The number of nitrogens with two attached hydrogens (primary N) is 1. The number of anilines is 1. The van der Waals surface area contributed by atoms with Gasteiger partial charge in [-0.15, -0.1) is 0 Å². The second kappa shape index (κ2) is 8.31. The molecule has 0 fully saturated rings. The third-order valence-electron chi connectivity index (χ3n) is 5.27. The average Bonchev–Trinajstić information content (AvgIpc) is 2.80. The quantitative estimate of drug-likeness (QED) is 0.397. The topological polar surface area (TPSA) is 49.8 Å². The summed E-state index contributed by atoms with van der Waals surface area (Å²) in [5.41, 5.74) is 8.79. The smallest absolute Gasteiger partial charge is 0.116 e. The molecule has 140 valence electrons. The van der Waals surface area contributed by atoms with Crippen LogP contribution < -0.4 is 21.6 Å². The highest BCUT2D eigenvalue weighted by molar-refractivity contribution is 7.95. The fourth-order valence-corrected chi connectivity index (χ4v) is 8.11. The minimum atomic E-state index is -2.02. The maximum absolute atomic E-state index is 9.42. The molecule has 4 aromatic rings. The van der Waals surface area contributed by atoms with Crippen LogP contribution >= 0.6 is 7.26 Å². The van der Waals surface area contributed by atoms with Crippen LogP contribution in [0, 0.1) is 11.3 Å². The van der Waals surface area contributed by atoms with Crippen LogP contribution in [0.15, 0.2) is 109 Å². The zero-order chi connectivity index (χ0) is 20.1. The van der Waals surface area contributed by atoms with Crippen LogP contribution in [0.4, 0.5) is 5.69 Å². The minimum absolute atomic E-state index is 0.640. The summed E-state index contributed by atoms with van der Waals surface area (Å²) < 4.78 is 0. The first-order valence-electron chi connectivity index (χ1n) is 9.57. The van der Waals surface area contributed by atoms with Crippen LogP contribution in [0.5, 0.6) is 0 Å². The third kappa shape index (κ3) is 3.66. The highest BCUT2D eigenvalue weighted by Crippen LogP contribution is 2.58. The van der Waals surface area contributed by atoms with Crippen molar-refractivity contribution in [2.75, 3.05) is 5.73 Å². The molecule has 3 heteroatoms. The predicted octanol–water partition coefficient (Wildman–Crippen LogP) is 4.63. The summed E-state index contributed by atoms with van der Waals surface area (Å²) in [4.78, 5) is 0. The number of rotatable bonds is 5. The Balaban J connectivity index is 2.02. The van der Waals surface area contributed by atoms with Gasteiger partial charge in [-0.05, 0) is 54.6 Å². The molecule has 0 aromatic heterocycles. The number of hydrogen-bond donors (Lipinski definition) is 1. The lowest BCUT2D eigenvalue weighted by atomic mass is 10.1. The van der Waals surface area contributed by atoms with Gasteiger partial charge in [-0.1, -0.05) is 54.6 Å².